The molecule has 0 saturated carbocycles. The molecule has 2 saturated heterocycles. The molecule has 0 radical (unpaired) electrons. The average Bonchev–Trinajstić information content (AvgIpc) is 3.16. The molecule has 0 aromatic heterocycles. The lowest BCUT2D eigenvalue weighted by Gasteiger charge is -2.44. The lowest BCUT2D eigenvalue weighted by atomic mass is 9.93. The van der Waals surface area contributed by atoms with Gasteiger partial charge in [0.2, 0.25) is 0 Å². The maximum Gasteiger partial charge on any atom is 0.132 e. The Kier molecular flexibility index (Phi) is 8.22. The van der Waals surface area contributed by atoms with Crippen LogP contribution in [0.2, 0.25) is 0 Å². The van der Waals surface area contributed by atoms with Crippen molar-refractivity contribution in [1.82, 2.24) is 9.62 Å². The molecule has 3 aliphatic heterocycles. The van der Waals surface area contributed by atoms with Crippen molar-refractivity contribution in [3.63, 3.8) is 0 Å². The zero-order chi connectivity index (χ0) is 21.2. The predicted molar refractivity (Wildman–Crippen MR) is 117 cm³/mol. The van der Waals surface area contributed by atoms with Gasteiger partial charge in [0.05, 0.1) is 21.8 Å². The first-order valence-corrected chi connectivity index (χ1v) is 12.7. The lowest BCUT2D eigenvalue weighted by molar-refractivity contribution is -0.203. The molecular weight excluding hydrogens is 412 g/mol. The summed E-state index contributed by atoms with van der Waals surface area (Å²) in [6.07, 6.45) is 2.84. The van der Waals surface area contributed by atoms with Crippen LogP contribution in [0.3, 0.4) is 0 Å². The van der Waals surface area contributed by atoms with Gasteiger partial charge in [-0.25, -0.2) is 8.93 Å². The summed E-state index contributed by atoms with van der Waals surface area (Å²) < 4.78 is 21.4. The van der Waals surface area contributed by atoms with E-state index in [1.807, 2.05) is 20.8 Å². The fourth-order valence-corrected chi connectivity index (χ4v) is 6.09. The van der Waals surface area contributed by atoms with Gasteiger partial charge in [-0.15, -0.1) is 11.8 Å². The standard InChI is InChI=1S/C20H36N2O5S2/c1-20(2,3)29(26)21-14-8-6-7-13(11-22-9-4-5-10-22)12-28-19-17(25)15(23)16(24)18(14)27-19/h6-7,13-19,21,23-25H,4-5,8-12H2,1-3H3/b7-6-/t13-,14+,15-,16+,17+,18+,19+,29+/m0/s1. The van der Waals surface area contributed by atoms with Gasteiger partial charge in [0, 0.05) is 12.3 Å². The van der Waals surface area contributed by atoms with Crippen LogP contribution in [-0.2, 0) is 15.7 Å². The zero-order valence-corrected chi connectivity index (χ0v) is 19.2. The second kappa shape index (κ2) is 10.1. The summed E-state index contributed by atoms with van der Waals surface area (Å²) in [4.78, 5) is 2.46. The van der Waals surface area contributed by atoms with Gasteiger partial charge < -0.3 is 25.0 Å². The highest BCUT2D eigenvalue weighted by Crippen LogP contribution is 2.33. The number of rotatable bonds is 4. The number of likely N-dealkylation sites (tertiary alicyclic amines) is 1. The summed E-state index contributed by atoms with van der Waals surface area (Å²) >= 11 is 1.48. The van der Waals surface area contributed by atoms with Crippen molar-refractivity contribution in [2.75, 3.05) is 25.4 Å². The summed E-state index contributed by atoms with van der Waals surface area (Å²) in [5.41, 5.74) is -0.627. The van der Waals surface area contributed by atoms with Gasteiger partial charge in [0.1, 0.15) is 29.9 Å². The van der Waals surface area contributed by atoms with Crippen LogP contribution in [0.15, 0.2) is 12.2 Å². The second-order valence-electron chi connectivity index (χ2n) is 9.31. The van der Waals surface area contributed by atoms with Crippen LogP contribution in [0.5, 0.6) is 0 Å². The van der Waals surface area contributed by atoms with Crippen LogP contribution in [0.4, 0.5) is 0 Å². The van der Waals surface area contributed by atoms with E-state index in [2.05, 4.69) is 21.8 Å². The quantitative estimate of drug-likeness (QED) is 0.468. The van der Waals surface area contributed by atoms with E-state index >= 15 is 0 Å². The third kappa shape index (κ3) is 6.04. The van der Waals surface area contributed by atoms with Crippen molar-refractivity contribution in [3.05, 3.63) is 12.2 Å². The number of hydrogen-bond donors (Lipinski definition) is 4. The first-order chi connectivity index (χ1) is 13.7. The van der Waals surface area contributed by atoms with E-state index in [0.717, 1.165) is 25.4 Å². The van der Waals surface area contributed by atoms with Crippen LogP contribution < -0.4 is 4.72 Å². The largest absolute Gasteiger partial charge is 0.388 e. The van der Waals surface area contributed by atoms with E-state index in [1.165, 1.54) is 24.6 Å². The molecule has 0 unspecified atom stereocenters. The zero-order valence-electron chi connectivity index (χ0n) is 17.6. The van der Waals surface area contributed by atoms with Gasteiger partial charge in [-0.3, -0.25) is 0 Å². The van der Waals surface area contributed by atoms with Crippen molar-refractivity contribution < 1.29 is 24.3 Å². The molecule has 9 heteroatoms. The Morgan fingerprint density at radius 2 is 1.86 bits per heavy atom. The van der Waals surface area contributed by atoms with Crippen molar-refractivity contribution in [3.8, 4) is 0 Å². The van der Waals surface area contributed by atoms with E-state index in [1.54, 1.807) is 0 Å². The Morgan fingerprint density at radius 3 is 2.52 bits per heavy atom. The molecule has 0 aliphatic carbocycles. The van der Waals surface area contributed by atoms with Gasteiger partial charge in [-0.05, 0) is 59.0 Å². The van der Waals surface area contributed by atoms with E-state index < -0.39 is 51.6 Å². The van der Waals surface area contributed by atoms with Crippen molar-refractivity contribution in [2.24, 2.45) is 5.92 Å². The third-order valence-electron chi connectivity index (χ3n) is 5.78. The summed E-state index contributed by atoms with van der Waals surface area (Å²) in [5.74, 6) is 1.08. The Bertz CT molecular complexity index is 594. The minimum absolute atomic E-state index is 0.309. The number of fused-ring (bicyclic) bond motifs is 2. The molecule has 168 valence electrons. The molecule has 3 aliphatic rings. The molecule has 3 rings (SSSR count). The van der Waals surface area contributed by atoms with Crippen LogP contribution in [-0.4, -0.2) is 90.5 Å². The SMILES string of the molecule is CC(C)(C)[S@@](=O)N[C@@H]1C/C=C\[C@@H](CN2CCCC2)CS[C@H]2O[C@H]1[C@H](O)[C@H](O)[C@H]2O. The lowest BCUT2D eigenvalue weighted by Crippen LogP contribution is -2.62. The van der Waals surface area contributed by atoms with E-state index in [0.29, 0.717) is 12.3 Å². The number of aliphatic hydroxyl groups excluding tert-OH is 3. The van der Waals surface area contributed by atoms with Crippen LogP contribution >= 0.6 is 11.8 Å². The maximum atomic E-state index is 12.7. The van der Waals surface area contributed by atoms with Gasteiger partial charge in [-0.2, -0.15) is 0 Å². The summed E-state index contributed by atoms with van der Waals surface area (Å²) in [7, 11) is -1.35. The molecule has 4 N–H and O–H groups in total. The summed E-state index contributed by atoms with van der Waals surface area (Å²) in [6.45, 7) is 8.86. The Balaban J connectivity index is 1.79. The fraction of sp³-hybridized carbons (Fsp3) is 0.900. The minimum atomic E-state index is -1.35. The fourth-order valence-electron chi connectivity index (χ4n) is 4.01. The number of ether oxygens (including phenoxy) is 1. The van der Waals surface area contributed by atoms with Gasteiger partial charge in [0.15, 0.2) is 0 Å². The molecule has 2 fully saturated rings. The van der Waals surface area contributed by atoms with Gasteiger partial charge in [-0.1, -0.05) is 12.2 Å². The molecule has 2 bridgehead atoms. The Hall–Kier alpha value is -0.0000000000000000971. The molecule has 0 amide bonds. The number of thioether (sulfide) groups is 1. The minimum Gasteiger partial charge on any atom is -0.388 e. The topological polar surface area (TPSA) is 102 Å². The number of hydrogen-bond acceptors (Lipinski definition) is 7. The average molecular weight is 449 g/mol. The molecule has 3 heterocycles. The molecule has 0 aromatic carbocycles. The molecule has 29 heavy (non-hydrogen) atoms. The highest BCUT2D eigenvalue weighted by molar-refractivity contribution is 7.99. The normalized spacial score (nSPS) is 41.8. The molecule has 0 spiro atoms. The third-order valence-corrected chi connectivity index (χ3v) is 8.75. The number of nitrogens with one attached hydrogen (secondary N) is 1. The van der Waals surface area contributed by atoms with Crippen molar-refractivity contribution in [2.45, 2.75) is 80.7 Å². The highest BCUT2D eigenvalue weighted by Gasteiger charge is 2.47. The van der Waals surface area contributed by atoms with E-state index in [4.69, 9.17) is 4.74 Å². The first-order valence-electron chi connectivity index (χ1n) is 10.5. The summed E-state index contributed by atoms with van der Waals surface area (Å²) in [5, 5.41) is 31.4. The van der Waals surface area contributed by atoms with Crippen molar-refractivity contribution >= 4 is 22.7 Å². The van der Waals surface area contributed by atoms with Crippen LogP contribution in [0.1, 0.15) is 40.0 Å². The van der Waals surface area contributed by atoms with E-state index in [9.17, 15) is 19.5 Å². The van der Waals surface area contributed by atoms with Gasteiger partial charge in [0.25, 0.3) is 0 Å². The Labute approximate surface area is 180 Å². The predicted octanol–water partition coefficient (Wildman–Crippen LogP) is 0.620. The maximum absolute atomic E-state index is 12.7. The van der Waals surface area contributed by atoms with Crippen LogP contribution in [0, 0.1) is 5.92 Å². The Morgan fingerprint density at radius 1 is 1.17 bits per heavy atom. The van der Waals surface area contributed by atoms with Gasteiger partial charge >= 0.3 is 0 Å². The molecule has 8 atom stereocenters. The number of aliphatic hydroxyl groups is 3. The van der Waals surface area contributed by atoms with Crippen molar-refractivity contribution in [1.29, 1.82) is 0 Å². The van der Waals surface area contributed by atoms with E-state index in [-0.39, 0.29) is 0 Å². The van der Waals surface area contributed by atoms with Crippen LogP contribution in [0.25, 0.3) is 0 Å². The highest BCUT2D eigenvalue weighted by atomic mass is 32.2. The molecule has 7 nitrogen and oxygen atoms in total. The first kappa shape index (κ1) is 23.7. The molecular formula is C20H36N2O5S2. The smallest absolute Gasteiger partial charge is 0.132 e. The summed E-state index contributed by atoms with van der Waals surface area (Å²) in [6, 6.07) is -0.433. The second-order valence-corrected chi connectivity index (χ2v) is 12.4. The molecule has 0 aromatic rings. The monoisotopic (exact) mass is 448 g/mol. The number of nitrogens with zero attached hydrogens (tertiary/aromatic N) is 1.